The van der Waals surface area contributed by atoms with Gasteiger partial charge < -0.3 is 8.83 Å². The fourth-order valence-electron chi connectivity index (χ4n) is 7.81. The molecule has 8 aromatic carbocycles. The number of hydrogen-bond donors (Lipinski definition) is 0. The number of benzene rings is 8. The van der Waals surface area contributed by atoms with Crippen LogP contribution in [0.1, 0.15) is 0 Å². The van der Waals surface area contributed by atoms with Crippen LogP contribution in [0.2, 0.25) is 0 Å². The van der Waals surface area contributed by atoms with Crippen LogP contribution in [-0.4, -0.2) is 15.0 Å². The van der Waals surface area contributed by atoms with E-state index < -0.39 is 0 Å². The van der Waals surface area contributed by atoms with Crippen molar-refractivity contribution in [3.05, 3.63) is 176 Å². The molecule has 0 N–H and O–H groups in total. The monoisotopic (exact) mass is 691 g/mol. The first-order chi connectivity index (χ1) is 26.7. The molecule has 11 aromatic rings. The Labute approximate surface area is 309 Å². The van der Waals surface area contributed by atoms with Gasteiger partial charge in [-0.25, -0.2) is 15.0 Å². The number of rotatable bonds is 5. The molecule has 0 fully saturated rings. The van der Waals surface area contributed by atoms with Gasteiger partial charge in [0.15, 0.2) is 17.5 Å². The van der Waals surface area contributed by atoms with Crippen molar-refractivity contribution >= 4 is 54.6 Å². The molecular weight excluding hydrogens is 663 g/mol. The van der Waals surface area contributed by atoms with Crippen LogP contribution in [0.3, 0.4) is 0 Å². The largest absolute Gasteiger partial charge is 0.456 e. The molecule has 0 radical (unpaired) electrons. The molecule has 3 heterocycles. The Bertz CT molecular complexity index is 3220. The molecule has 0 aliphatic carbocycles. The van der Waals surface area contributed by atoms with Gasteiger partial charge >= 0.3 is 0 Å². The quantitative estimate of drug-likeness (QED) is 0.180. The summed E-state index contributed by atoms with van der Waals surface area (Å²) in [5.41, 5.74) is 10.4. The molecule has 0 aliphatic rings. The van der Waals surface area contributed by atoms with Crippen molar-refractivity contribution < 1.29 is 8.83 Å². The van der Waals surface area contributed by atoms with Crippen LogP contribution in [0, 0.1) is 0 Å². The predicted molar refractivity (Wildman–Crippen MR) is 219 cm³/mol. The lowest BCUT2D eigenvalue weighted by Crippen LogP contribution is -2.00. The highest BCUT2D eigenvalue weighted by atomic mass is 16.3. The summed E-state index contributed by atoms with van der Waals surface area (Å²) in [7, 11) is 0. The Morgan fingerprint density at radius 1 is 0.296 bits per heavy atom. The van der Waals surface area contributed by atoms with Gasteiger partial charge in [0.25, 0.3) is 0 Å². The summed E-state index contributed by atoms with van der Waals surface area (Å²) in [6.07, 6.45) is 0. The van der Waals surface area contributed by atoms with E-state index in [-0.39, 0.29) is 0 Å². The molecule has 0 amide bonds. The molecule has 0 unspecified atom stereocenters. The van der Waals surface area contributed by atoms with E-state index in [4.69, 9.17) is 23.8 Å². The summed E-state index contributed by atoms with van der Waals surface area (Å²) in [4.78, 5) is 15.5. The summed E-state index contributed by atoms with van der Waals surface area (Å²) in [5.74, 6) is 1.73. The number of nitrogens with zero attached hydrogens (tertiary/aromatic N) is 3. The Morgan fingerprint density at radius 3 is 1.52 bits per heavy atom. The second-order valence-corrected chi connectivity index (χ2v) is 13.6. The van der Waals surface area contributed by atoms with Crippen LogP contribution in [0.4, 0.5) is 0 Å². The summed E-state index contributed by atoms with van der Waals surface area (Å²) in [6.45, 7) is 0. The molecule has 5 nitrogen and oxygen atoms in total. The summed E-state index contributed by atoms with van der Waals surface area (Å²) in [5, 5.41) is 6.34. The maximum absolute atomic E-state index is 6.58. The molecule has 5 heteroatoms. The Kier molecular flexibility index (Phi) is 6.79. The minimum Gasteiger partial charge on any atom is -0.456 e. The van der Waals surface area contributed by atoms with Crippen molar-refractivity contribution in [2.45, 2.75) is 0 Å². The maximum atomic E-state index is 6.58. The van der Waals surface area contributed by atoms with Crippen LogP contribution in [-0.2, 0) is 0 Å². The predicted octanol–water partition coefficient (Wildman–Crippen LogP) is 13.2. The standard InChI is InChI=1S/C49H29N3O2/c1-3-12-30(13-4-1)33-26-24-31-25-27-34(29-35(31)28-33)36-17-9-22-42-45(36)46-39(19-11-23-43(46)54-42)49-51-47(32-14-5-2-6-15-32)50-48(52-49)38-18-10-21-41-44(38)37-16-7-8-20-40(37)53-41/h1-29H. The minimum atomic E-state index is 0.567. The van der Waals surface area contributed by atoms with E-state index in [1.807, 2.05) is 78.9 Å². The molecule has 0 aliphatic heterocycles. The molecular formula is C49H29N3O2. The minimum absolute atomic E-state index is 0.567. The van der Waals surface area contributed by atoms with Crippen molar-refractivity contribution in [2.75, 3.05) is 0 Å². The lowest BCUT2D eigenvalue weighted by atomic mass is 9.94. The first-order valence-electron chi connectivity index (χ1n) is 18.0. The highest BCUT2D eigenvalue weighted by molar-refractivity contribution is 6.18. The average molecular weight is 692 g/mol. The lowest BCUT2D eigenvalue weighted by molar-refractivity contribution is 0.668. The molecule has 0 saturated carbocycles. The first-order valence-corrected chi connectivity index (χ1v) is 18.0. The van der Waals surface area contributed by atoms with E-state index in [0.717, 1.165) is 71.7 Å². The molecule has 0 bridgehead atoms. The van der Waals surface area contributed by atoms with Crippen LogP contribution >= 0.6 is 0 Å². The van der Waals surface area contributed by atoms with Gasteiger partial charge in [0.2, 0.25) is 0 Å². The van der Waals surface area contributed by atoms with Gasteiger partial charge in [-0.05, 0) is 69.4 Å². The molecule has 0 atom stereocenters. The Morgan fingerprint density at radius 2 is 0.796 bits per heavy atom. The molecule has 3 aromatic heterocycles. The number of fused-ring (bicyclic) bond motifs is 7. The number of para-hydroxylation sites is 1. The highest BCUT2D eigenvalue weighted by Gasteiger charge is 2.22. The third-order valence-corrected chi connectivity index (χ3v) is 10.3. The van der Waals surface area contributed by atoms with Gasteiger partial charge in [-0.3, -0.25) is 0 Å². The molecule has 54 heavy (non-hydrogen) atoms. The fraction of sp³-hybridized carbons (Fsp3) is 0. The van der Waals surface area contributed by atoms with Crippen molar-refractivity contribution in [3.63, 3.8) is 0 Å². The number of furan rings is 2. The van der Waals surface area contributed by atoms with Crippen LogP contribution in [0.25, 0.3) is 111 Å². The van der Waals surface area contributed by atoms with Gasteiger partial charge in [-0.2, -0.15) is 0 Å². The lowest BCUT2D eigenvalue weighted by Gasteiger charge is -2.11. The van der Waals surface area contributed by atoms with Gasteiger partial charge in [-0.15, -0.1) is 0 Å². The number of aromatic nitrogens is 3. The average Bonchev–Trinajstić information content (AvgIpc) is 3.83. The van der Waals surface area contributed by atoms with E-state index in [1.165, 1.54) is 21.9 Å². The fourth-order valence-corrected chi connectivity index (χ4v) is 7.81. The first kappa shape index (κ1) is 30.3. The number of hydrogen-bond acceptors (Lipinski definition) is 5. The van der Waals surface area contributed by atoms with Crippen molar-refractivity contribution in [3.8, 4) is 56.4 Å². The second kappa shape index (κ2) is 12.1. The maximum Gasteiger partial charge on any atom is 0.164 e. The van der Waals surface area contributed by atoms with E-state index in [2.05, 4.69) is 97.1 Å². The SMILES string of the molecule is c1ccc(-c2ccc3ccc(-c4cccc5oc6cccc(-c7nc(-c8ccccc8)nc(-c8cccc9oc%10ccccc%10c89)n7)c6c45)cc3c2)cc1. The normalized spacial score (nSPS) is 11.7. The third kappa shape index (κ3) is 4.90. The Balaban J connectivity index is 1.15. The highest BCUT2D eigenvalue weighted by Crippen LogP contribution is 2.43. The van der Waals surface area contributed by atoms with E-state index in [9.17, 15) is 0 Å². The molecule has 11 rings (SSSR count). The summed E-state index contributed by atoms with van der Waals surface area (Å²) < 4.78 is 12.8. The van der Waals surface area contributed by atoms with Gasteiger partial charge in [0, 0.05) is 38.2 Å². The van der Waals surface area contributed by atoms with Gasteiger partial charge in [0.1, 0.15) is 22.3 Å². The second-order valence-electron chi connectivity index (χ2n) is 13.6. The molecule has 252 valence electrons. The zero-order valence-corrected chi connectivity index (χ0v) is 28.9. The molecule has 0 spiro atoms. The zero-order chi connectivity index (χ0) is 35.6. The molecule has 0 saturated heterocycles. The van der Waals surface area contributed by atoms with E-state index in [1.54, 1.807) is 0 Å². The smallest absolute Gasteiger partial charge is 0.164 e. The zero-order valence-electron chi connectivity index (χ0n) is 28.9. The van der Waals surface area contributed by atoms with E-state index in [0.29, 0.717) is 17.5 Å². The summed E-state index contributed by atoms with van der Waals surface area (Å²) >= 11 is 0. The van der Waals surface area contributed by atoms with Crippen LogP contribution in [0.5, 0.6) is 0 Å². The van der Waals surface area contributed by atoms with Crippen molar-refractivity contribution in [2.24, 2.45) is 0 Å². The Hall–Kier alpha value is -7.37. The van der Waals surface area contributed by atoms with E-state index >= 15 is 0 Å². The third-order valence-electron chi connectivity index (χ3n) is 10.3. The topological polar surface area (TPSA) is 65.0 Å². The van der Waals surface area contributed by atoms with Gasteiger partial charge in [0.05, 0.1) is 0 Å². The summed E-state index contributed by atoms with van der Waals surface area (Å²) in [6, 6.07) is 60.5. The van der Waals surface area contributed by atoms with Crippen LogP contribution < -0.4 is 0 Å². The van der Waals surface area contributed by atoms with Crippen LogP contribution in [0.15, 0.2) is 185 Å². The van der Waals surface area contributed by atoms with Gasteiger partial charge in [-0.1, -0.05) is 140 Å². The van der Waals surface area contributed by atoms with Crippen molar-refractivity contribution in [1.29, 1.82) is 0 Å². The van der Waals surface area contributed by atoms with Crippen molar-refractivity contribution in [1.82, 2.24) is 15.0 Å².